The maximum absolute atomic E-state index is 12.5. The molecule has 2 unspecified atom stereocenters. The summed E-state index contributed by atoms with van der Waals surface area (Å²) in [5, 5.41) is 10.1. The van der Waals surface area contributed by atoms with Gasteiger partial charge >= 0.3 is 5.97 Å². The van der Waals surface area contributed by atoms with E-state index in [1.807, 2.05) is 13.8 Å². The highest BCUT2D eigenvalue weighted by molar-refractivity contribution is 6.35. The molecule has 4 nitrogen and oxygen atoms in total. The first kappa shape index (κ1) is 24.5. The summed E-state index contributed by atoms with van der Waals surface area (Å²) in [4.78, 5) is 12.5. The molecule has 0 aliphatic rings. The van der Waals surface area contributed by atoms with Crippen molar-refractivity contribution < 1.29 is 19.4 Å². The van der Waals surface area contributed by atoms with Gasteiger partial charge in [0.1, 0.15) is 20.0 Å². The van der Waals surface area contributed by atoms with E-state index in [-0.39, 0.29) is 41.5 Å². The number of hydrogen-bond donors (Lipinski definition) is 1. The van der Waals surface area contributed by atoms with Crippen molar-refractivity contribution in [3.05, 3.63) is 0 Å². The zero-order valence-corrected chi connectivity index (χ0v) is 17.9. The molecule has 0 aromatic heterocycles. The Bertz CT molecular complexity index is 393. The Morgan fingerprint density at radius 2 is 1.60 bits per heavy atom. The van der Waals surface area contributed by atoms with Crippen LogP contribution in [0.15, 0.2) is 0 Å². The molecule has 0 aromatic rings. The van der Waals surface area contributed by atoms with E-state index in [9.17, 15) is 9.90 Å². The van der Waals surface area contributed by atoms with Crippen LogP contribution in [0.1, 0.15) is 68.7 Å². The average molecular weight is 355 g/mol. The van der Waals surface area contributed by atoms with Crippen LogP contribution >= 0.6 is 0 Å². The monoisotopic (exact) mass is 355 g/mol. The molecule has 0 saturated carbocycles. The van der Waals surface area contributed by atoms with Crippen LogP contribution in [0.25, 0.3) is 0 Å². The van der Waals surface area contributed by atoms with Gasteiger partial charge in [-0.3, -0.25) is 4.79 Å². The van der Waals surface area contributed by atoms with E-state index in [0.717, 1.165) is 19.1 Å². The third-order valence-electron chi connectivity index (χ3n) is 4.16. The summed E-state index contributed by atoms with van der Waals surface area (Å²) < 4.78 is 11.2. The molecule has 0 aliphatic heterocycles. The third-order valence-corrected chi connectivity index (χ3v) is 4.16. The first-order valence-corrected chi connectivity index (χ1v) is 9.48. The van der Waals surface area contributed by atoms with E-state index in [1.54, 1.807) is 0 Å². The lowest BCUT2D eigenvalue weighted by molar-refractivity contribution is -0.159. The summed E-state index contributed by atoms with van der Waals surface area (Å²) >= 11 is 0. The molecule has 0 fully saturated rings. The molecule has 1 radical (unpaired) electrons. The Morgan fingerprint density at radius 3 is 2.04 bits per heavy atom. The summed E-state index contributed by atoms with van der Waals surface area (Å²) in [6.45, 7) is 18.7. The smallest absolute Gasteiger partial charge is 0.309 e. The van der Waals surface area contributed by atoms with E-state index in [4.69, 9.17) is 9.47 Å². The van der Waals surface area contributed by atoms with Crippen molar-refractivity contribution in [1.82, 2.24) is 0 Å². The van der Waals surface area contributed by atoms with Gasteiger partial charge in [-0.2, -0.15) is 0 Å². The van der Waals surface area contributed by atoms with Crippen LogP contribution in [0, 0.1) is 16.7 Å². The van der Waals surface area contributed by atoms with Gasteiger partial charge in [0, 0.05) is 0 Å². The highest BCUT2D eigenvalue weighted by atomic mass is 16.6. The molecule has 1 N–H and O–H groups in total. The predicted octanol–water partition coefficient (Wildman–Crippen LogP) is 4.34. The molecular weight excluding hydrogens is 315 g/mol. The van der Waals surface area contributed by atoms with Gasteiger partial charge < -0.3 is 14.6 Å². The van der Waals surface area contributed by atoms with E-state index in [0.29, 0.717) is 0 Å². The van der Waals surface area contributed by atoms with Crippen LogP contribution in [0.4, 0.5) is 0 Å². The molecule has 0 spiro atoms. The fraction of sp³-hybridized carbons (Fsp3) is 0.950. The molecule has 0 aliphatic carbocycles. The Balaban J connectivity index is 4.49. The second-order valence-corrected chi connectivity index (χ2v) is 9.94. The zero-order valence-electron chi connectivity index (χ0n) is 17.9. The summed E-state index contributed by atoms with van der Waals surface area (Å²) in [5.41, 5.74) is -0.455. The summed E-state index contributed by atoms with van der Waals surface area (Å²) in [7, 11) is 2.16. The number of aliphatic hydroxyl groups excluding tert-OH is 1. The average Bonchev–Trinajstić information content (AvgIpc) is 2.44. The minimum absolute atomic E-state index is 0.0247. The molecular formula is C20H40BO4. The maximum atomic E-state index is 12.5. The first-order chi connectivity index (χ1) is 11.2. The lowest BCUT2D eigenvalue weighted by Crippen LogP contribution is -2.36. The Morgan fingerprint density at radius 1 is 1.04 bits per heavy atom. The lowest BCUT2D eigenvalue weighted by Gasteiger charge is -2.34. The predicted molar refractivity (Wildman–Crippen MR) is 105 cm³/mol. The topological polar surface area (TPSA) is 55.8 Å². The van der Waals surface area contributed by atoms with Gasteiger partial charge in [-0.15, -0.1) is 0 Å². The van der Waals surface area contributed by atoms with Gasteiger partial charge in [-0.1, -0.05) is 61.1 Å². The fourth-order valence-corrected chi connectivity index (χ4v) is 2.56. The summed E-state index contributed by atoms with van der Waals surface area (Å²) in [6, 6.07) is 0. The minimum atomic E-state index is -0.805. The second-order valence-electron chi connectivity index (χ2n) is 9.94. The molecule has 0 aromatic carbocycles. The van der Waals surface area contributed by atoms with Gasteiger partial charge in [0.15, 0.2) is 0 Å². The molecule has 2 atom stereocenters. The van der Waals surface area contributed by atoms with Gasteiger partial charge in [-0.05, 0) is 31.1 Å². The van der Waals surface area contributed by atoms with Crippen LogP contribution in [0.2, 0.25) is 12.6 Å². The Hall–Kier alpha value is -0.545. The quantitative estimate of drug-likeness (QED) is 0.468. The Kier molecular flexibility index (Phi) is 9.74. The van der Waals surface area contributed by atoms with E-state index >= 15 is 0 Å². The second kappa shape index (κ2) is 9.96. The van der Waals surface area contributed by atoms with Crippen molar-refractivity contribution in [2.75, 3.05) is 13.2 Å². The van der Waals surface area contributed by atoms with Gasteiger partial charge in [0.2, 0.25) is 0 Å². The van der Waals surface area contributed by atoms with Crippen molar-refractivity contribution in [3.63, 3.8) is 0 Å². The minimum Gasteiger partial charge on any atom is -0.463 e. The van der Waals surface area contributed by atoms with E-state index < -0.39 is 6.10 Å². The van der Waals surface area contributed by atoms with Crippen molar-refractivity contribution in [2.24, 2.45) is 16.7 Å². The molecule has 0 bridgehead atoms. The Labute approximate surface area is 156 Å². The van der Waals surface area contributed by atoms with Gasteiger partial charge in [0.05, 0.1) is 18.1 Å². The van der Waals surface area contributed by atoms with Gasteiger partial charge in [-0.25, -0.2) is 0 Å². The molecule has 147 valence electrons. The molecule has 0 saturated heterocycles. The van der Waals surface area contributed by atoms with E-state index in [1.165, 1.54) is 0 Å². The molecule has 25 heavy (non-hydrogen) atoms. The summed E-state index contributed by atoms with van der Waals surface area (Å²) in [6.07, 6.45) is 1.77. The normalized spacial score (nSPS) is 15.6. The van der Waals surface area contributed by atoms with Crippen LogP contribution in [-0.2, 0) is 14.3 Å². The molecule has 5 heteroatoms. The largest absolute Gasteiger partial charge is 0.463 e. The molecule has 0 heterocycles. The SMILES string of the molecule is CC[B]CC(C)(C)OCC(O)COC(=O)C(CC(C)(C)C)C(C)(C)C. The summed E-state index contributed by atoms with van der Waals surface area (Å²) in [5.74, 6) is -0.434. The fourth-order valence-electron chi connectivity index (χ4n) is 2.56. The number of carbonyl (C=O) groups excluding carboxylic acids is 1. The van der Waals surface area contributed by atoms with Crippen LogP contribution in [-0.4, -0.2) is 43.3 Å². The van der Waals surface area contributed by atoms with Crippen molar-refractivity contribution >= 4 is 13.2 Å². The number of rotatable bonds is 10. The number of hydrogen-bond acceptors (Lipinski definition) is 4. The maximum Gasteiger partial charge on any atom is 0.309 e. The van der Waals surface area contributed by atoms with Crippen molar-refractivity contribution in [1.29, 1.82) is 0 Å². The van der Waals surface area contributed by atoms with Crippen LogP contribution in [0.3, 0.4) is 0 Å². The van der Waals surface area contributed by atoms with Crippen molar-refractivity contribution in [2.45, 2.75) is 93.1 Å². The third kappa shape index (κ3) is 11.6. The first-order valence-electron chi connectivity index (χ1n) is 9.48. The van der Waals surface area contributed by atoms with E-state index in [2.05, 4.69) is 55.7 Å². The molecule has 0 amide bonds. The van der Waals surface area contributed by atoms with Crippen LogP contribution in [0.5, 0.6) is 0 Å². The zero-order chi connectivity index (χ0) is 19.9. The highest BCUT2D eigenvalue weighted by Gasteiger charge is 2.36. The lowest BCUT2D eigenvalue weighted by atomic mass is 9.66. The number of carbonyl (C=O) groups is 1. The number of aliphatic hydroxyl groups is 1. The van der Waals surface area contributed by atoms with Crippen molar-refractivity contribution in [3.8, 4) is 0 Å². The molecule has 0 rings (SSSR count). The highest BCUT2D eigenvalue weighted by Crippen LogP contribution is 2.36. The number of esters is 1. The van der Waals surface area contributed by atoms with Gasteiger partial charge in [0.25, 0.3) is 0 Å². The number of ether oxygens (including phenoxy) is 2. The standard InChI is InChI=1S/C20H40BO4/c1-10-21-14-20(8,9)25-13-15(22)12-24-17(23)16(19(5,6)7)11-18(2,3)4/h15-16,22H,10-14H2,1-9H3. The van der Waals surface area contributed by atoms with Crippen LogP contribution < -0.4 is 0 Å².